The molecule has 1 aromatic rings. The highest BCUT2D eigenvalue weighted by atomic mass is 31.3. The summed E-state index contributed by atoms with van der Waals surface area (Å²) >= 11 is 0. The Morgan fingerprint density at radius 2 is 1.23 bits per heavy atom. The summed E-state index contributed by atoms with van der Waals surface area (Å²) < 4.78 is 62.6. The second-order valence-electron chi connectivity index (χ2n) is 18.4. The van der Waals surface area contributed by atoms with E-state index in [1.807, 2.05) is 12.2 Å². The molecule has 9 atom stereocenters. The number of carbonyl (C=O) groups is 2. The summed E-state index contributed by atoms with van der Waals surface area (Å²) in [6, 6.07) is 1.25. The van der Waals surface area contributed by atoms with Crippen LogP contribution < -0.4 is 11.4 Å². The minimum atomic E-state index is -5.44. The van der Waals surface area contributed by atoms with Crippen molar-refractivity contribution in [2.75, 3.05) is 25.6 Å². The number of ether oxygens (including phenoxy) is 4. The van der Waals surface area contributed by atoms with Crippen molar-refractivity contribution in [1.29, 1.82) is 0 Å². The van der Waals surface area contributed by atoms with Crippen LogP contribution in [0.25, 0.3) is 0 Å². The minimum Gasteiger partial charge on any atom is -0.462 e. The molecule has 0 aromatic carbocycles. The predicted molar refractivity (Wildman–Crippen MR) is 270 cm³/mol. The summed E-state index contributed by atoms with van der Waals surface area (Å²) in [6.07, 6.45) is 32.5. The number of hydrogen-bond acceptors (Lipinski definition) is 16. The van der Waals surface area contributed by atoms with E-state index in [0.717, 1.165) is 62.1 Å². The normalized spacial score (nSPS) is 22.3. The number of aliphatic hydroxyl groups is 2. The number of nitrogen functional groups attached to an aromatic ring is 1. The third-order valence-electron chi connectivity index (χ3n) is 12.1. The molecular formula is C50H85N3O16P2. The number of nitrogens with two attached hydrogens (primary N) is 1. The number of allylic oxidation sites excluding steroid dienone is 4. The Morgan fingerprint density at radius 1 is 0.690 bits per heavy atom. The number of unbranched alkanes of at least 4 members (excludes halogenated alkanes) is 18. The minimum absolute atomic E-state index is 0.0380. The molecule has 2 aliphatic heterocycles. The first kappa shape index (κ1) is 62.2. The maximum absolute atomic E-state index is 12.9. The molecule has 19 nitrogen and oxygen atoms in total. The summed E-state index contributed by atoms with van der Waals surface area (Å²) in [5.41, 5.74) is 4.59. The van der Waals surface area contributed by atoms with E-state index in [0.29, 0.717) is 19.3 Å². The lowest BCUT2D eigenvalue weighted by Crippen LogP contribution is -2.36. The van der Waals surface area contributed by atoms with E-state index in [-0.39, 0.29) is 30.9 Å². The number of epoxide rings is 1. The summed E-state index contributed by atoms with van der Waals surface area (Å²) in [5, 5.41) is 20.9. The topological polar surface area (TPSA) is 278 Å². The molecule has 3 rings (SSSR count). The van der Waals surface area contributed by atoms with Gasteiger partial charge in [-0.25, -0.2) is 13.9 Å². The van der Waals surface area contributed by atoms with Gasteiger partial charge in [0.05, 0.1) is 25.4 Å². The zero-order chi connectivity index (χ0) is 51.7. The number of carbonyl (C=O) groups excluding carboxylic acids is 2. The Morgan fingerprint density at radius 3 is 1.86 bits per heavy atom. The number of phosphoric acid groups is 2. The molecule has 0 radical (unpaired) electrons. The predicted octanol–water partition coefficient (Wildman–Crippen LogP) is 9.77. The van der Waals surface area contributed by atoms with Gasteiger partial charge in [0.15, 0.2) is 12.3 Å². The zero-order valence-corrected chi connectivity index (χ0v) is 44.0. The maximum Gasteiger partial charge on any atom is 0.481 e. The van der Waals surface area contributed by atoms with Crippen molar-refractivity contribution in [3.05, 3.63) is 59.2 Å². The summed E-state index contributed by atoms with van der Waals surface area (Å²) in [5.74, 6) is -1.36. The number of anilines is 1. The van der Waals surface area contributed by atoms with Crippen LogP contribution in [-0.4, -0.2) is 97.9 Å². The number of rotatable bonds is 42. The molecule has 71 heavy (non-hydrogen) atoms. The molecule has 0 saturated carbocycles. The number of esters is 2. The first-order valence-corrected chi connectivity index (χ1v) is 29.1. The number of aromatic nitrogens is 2. The van der Waals surface area contributed by atoms with Crippen molar-refractivity contribution in [1.82, 2.24) is 9.55 Å². The van der Waals surface area contributed by atoms with Crippen molar-refractivity contribution in [2.45, 2.75) is 224 Å². The summed E-state index contributed by atoms with van der Waals surface area (Å²) in [7, 11) is -10.9. The van der Waals surface area contributed by atoms with Gasteiger partial charge in [0.25, 0.3) is 0 Å². The van der Waals surface area contributed by atoms with Gasteiger partial charge in [-0.3, -0.25) is 23.2 Å². The SMILES string of the molecule is CCCCC/C=C\C/C=C\CC1OC1C/C=C\CCCC(=O)OC[C@H](COP(=O)(O)OP(=O)(O)OC[C@H]1O[C@@H](n2ccc(N)nc2=O)[C@H](O)[C@@H]1O)OC(=O)CCCCCCCCCCCCCCCCC. The molecule has 6 N–H and O–H groups in total. The Balaban J connectivity index is 1.41. The molecule has 1 aromatic heterocycles. The molecule has 2 saturated heterocycles. The van der Waals surface area contributed by atoms with Crippen molar-refractivity contribution in [3.63, 3.8) is 0 Å². The Bertz CT molecular complexity index is 1900. The quantitative estimate of drug-likeness (QED) is 0.0134. The molecule has 0 aliphatic carbocycles. The first-order valence-electron chi connectivity index (χ1n) is 26.1. The maximum atomic E-state index is 12.9. The van der Waals surface area contributed by atoms with E-state index < -0.39 is 83.7 Å². The summed E-state index contributed by atoms with van der Waals surface area (Å²) in [4.78, 5) is 62.0. The Kier molecular flexibility index (Phi) is 31.5. The van der Waals surface area contributed by atoms with Gasteiger partial charge < -0.3 is 44.7 Å². The van der Waals surface area contributed by atoms with Crippen LogP contribution in [0.3, 0.4) is 0 Å². The second-order valence-corrected chi connectivity index (χ2v) is 21.5. The highest BCUT2D eigenvalue weighted by molar-refractivity contribution is 7.61. The van der Waals surface area contributed by atoms with E-state index >= 15 is 0 Å². The second kappa shape index (κ2) is 36.0. The van der Waals surface area contributed by atoms with Gasteiger partial charge >= 0.3 is 33.3 Å². The molecule has 0 bridgehead atoms. The van der Waals surface area contributed by atoms with E-state index in [4.69, 9.17) is 33.7 Å². The van der Waals surface area contributed by atoms with Crippen LogP contribution >= 0.6 is 15.6 Å². The van der Waals surface area contributed by atoms with Crippen molar-refractivity contribution in [2.24, 2.45) is 0 Å². The smallest absolute Gasteiger partial charge is 0.462 e. The third-order valence-corrected chi connectivity index (χ3v) is 14.7. The Labute approximate surface area is 421 Å². The third kappa shape index (κ3) is 28.3. The molecule has 3 heterocycles. The zero-order valence-electron chi connectivity index (χ0n) is 42.2. The lowest BCUT2D eigenvalue weighted by molar-refractivity contribution is -0.161. The molecule has 0 amide bonds. The van der Waals surface area contributed by atoms with Crippen LogP contribution in [0, 0.1) is 0 Å². The number of hydrogen-bond donors (Lipinski definition) is 5. The van der Waals surface area contributed by atoms with Crippen LogP contribution in [0.2, 0.25) is 0 Å². The van der Waals surface area contributed by atoms with Crippen LogP contribution in [0.1, 0.15) is 187 Å². The van der Waals surface area contributed by atoms with Crippen LogP contribution in [-0.2, 0) is 51.0 Å². The van der Waals surface area contributed by atoms with E-state index in [1.165, 1.54) is 89.5 Å². The fraction of sp³-hybridized carbons (Fsp3) is 0.760. The van der Waals surface area contributed by atoms with E-state index in [9.17, 15) is 43.5 Å². The lowest BCUT2D eigenvalue weighted by atomic mass is 10.0. The van der Waals surface area contributed by atoms with Gasteiger partial charge in [0.1, 0.15) is 30.7 Å². The fourth-order valence-corrected chi connectivity index (χ4v) is 10.0. The average Bonchev–Trinajstić information content (AvgIpc) is 4.02. The number of phosphoric ester groups is 2. The highest BCUT2D eigenvalue weighted by Gasteiger charge is 2.46. The van der Waals surface area contributed by atoms with Gasteiger partial charge in [0.2, 0.25) is 0 Å². The van der Waals surface area contributed by atoms with E-state index in [1.54, 1.807) is 0 Å². The van der Waals surface area contributed by atoms with Crippen molar-refractivity contribution in [3.8, 4) is 0 Å². The summed E-state index contributed by atoms with van der Waals surface area (Å²) in [6.45, 7) is 2.08. The molecule has 0 spiro atoms. The van der Waals surface area contributed by atoms with Gasteiger partial charge in [-0.2, -0.15) is 9.29 Å². The van der Waals surface area contributed by atoms with Crippen LogP contribution in [0.15, 0.2) is 53.5 Å². The molecular weight excluding hydrogens is 961 g/mol. The first-order chi connectivity index (χ1) is 34.1. The molecule has 4 unspecified atom stereocenters. The van der Waals surface area contributed by atoms with Crippen LogP contribution in [0.4, 0.5) is 5.82 Å². The standard InChI is InChI=1S/C50H85N3O16P2/c1-3-5-7-9-11-13-14-15-16-17-18-20-22-24-30-34-46(55)66-40(37-63-45(54)33-29-26-25-28-32-42-41(67-42)31-27-23-21-19-12-10-8-6-4-2)38-64-70(59,60)69-71(61,62)65-39-43-47(56)48(57)49(68-43)53-36-35-44(51)52-50(53)58/h12,19,23,25,27-28,35-36,40-43,47-49,56-57H,3-11,13-18,20-22,24,26,29-34,37-39H2,1-2H3,(H,59,60)(H,61,62)(H2,51,52,58)/b19-12-,27-23-,28-25-/t40-,41?,42?,43-,47-,48-,49-/m1/s1. The van der Waals surface area contributed by atoms with Crippen molar-refractivity contribution < 1.29 is 71.0 Å². The Hall–Kier alpha value is -3.06. The van der Waals surface area contributed by atoms with Crippen molar-refractivity contribution >= 4 is 33.4 Å². The van der Waals surface area contributed by atoms with Gasteiger partial charge in [-0.15, -0.1) is 0 Å². The fourth-order valence-electron chi connectivity index (χ4n) is 7.94. The number of nitrogens with zero attached hydrogens (tertiary/aromatic N) is 2. The van der Waals surface area contributed by atoms with Crippen LogP contribution in [0.5, 0.6) is 0 Å². The van der Waals surface area contributed by atoms with Gasteiger partial charge in [0, 0.05) is 19.0 Å². The molecule has 21 heteroatoms. The largest absolute Gasteiger partial charge is 0.481 e. The molecule has 2 aliphatic rings. The molecule has 406 valence electrons. The van der Waals surface area contributed by atoms with E-state index in [2.05, 4.69) is 47.4 Å². The average molecular weight is 1050 g/mol. The van der Waals surface area contributed by atoms with Gasteiger partial charge in [-0.05, 0) is 57.4 Å². The lowest BCUT2D eigenvalue weighted by Gasteiger charge is -2.21. The highest BCUT2D eigenvalue weighted by Crippen LogP contribution is 2.60. The number of aliphatic hydroxyl groups excluding tert-OH is 2. The monoisotopic (exact) mass is 1050 g/mol. The van der Waals surface area contributed by atoms with Gasteiger partial charge in [-0.1, -0.05) is 153 Å². The molecule has 2 fully saturated rings.